The van der Waals surface area contributed by atoms with Gasteiger partial charge in [-0.15, -0.1) is 0 Å². The Morgan fingerprint density at radius 1 is 1.09 bits per heavy atom. The number of benzene rings is 3. The minimum Gasteiger partial charge on any atom is -0.440 e. The first-order valence-electron chi connectivity index (χ1n) is 12.1. The predicted octanol–water partition coefficient (Wildman–Crippen LogP) is 6.45. The number of aromatic amines is 1. The van der Waals surface area contributed by atoms with Crippen molar-refractivity contribution >= 4 is 27.9 Å². The molecule has 5 aromatic rings. The third-order valence-corrected chi connectivity index (χ3v) is 6.95. The Morgan fingerprint density at radius 3 is 2.77 bits per heavy atom. The maximum absolute atomic E-state index is 14.1. The van der Waals surface area contributed by atoms with Crippen LogP contribution in [0, 0.1) is 5.82 Å². The molecule has 3 aromatic carbocycles. The van der Waals surface area contributed by atoms with Crippen LogP contribution >= 0.6 is 0 Å². The molecule has 35 heavy (non-hydrogen) atoms. The first-order chi connectivity index (χ1) is 17.2. The molecule has 1 N–H and O–H groups in total. The summed E-state index contributed by atoms with van der Waals surface area (Å²) in [5, 5.41) is 0.833. The van der Waals surface area contributed by atoms with E-state index in [0.29, 0.717) is 25.3 Å². The number of fused-ring (bicyclic) bond motifs is 2. The third kappa shape index (κ3) is 4.20. The molecular formula is C29H26FN3O2. The molecule has 0 radical (unpaired) electrons. The maximum Gasteiger partial charge on any atom is 0.222 e. The number of oxazole rings is 1. The van der Waals surface area contributed by atoms with Gasteiger partial charge < -0.3 is 14.3 Å². The number of H-pyrrole nitrogens is 1. The summed E-state index contributed by atoms with van der Waals surface area (Å²) in [6, 6.07) is 22.5. The van der Waals surface area contributed by atoms with Gasteiger partial charge in [0.1, 0.15) is 11.3 Å². The molecule has 1 aliphatic rings. The molecule has 0 spiro atoms. The van der Waals surface area contributed by atoms with Gasteiger partial charge in [-0.1, -0.05) is 42.5 Å². The quantitative estimate of drug-likeness (QED) is 0.323. The van der Waals surface area contributed by atoms with Gasteiger partial charge in [0, 0.05) is 36.1 Å². The van der Waals surface area contributed by atoms with Crippen LogP contribution in [0.5, 0.6) is 0 Å². The predicted molar refractivity (Wildman–Crippen MR) is 135 cm³/mol. The average molecular weight is 468 g/mol. The highest BCUT2D eigenvalue weighted by molar-refractivity contribution is 5.91. The number of halogens is 1. The fourth-order valence-electron chi connectivity index (χ4n) is 5.19. The number of amides is 1. The van der Waals surface area contributed by atoms with Gasteiger partial charge in [0.05, 0.1) is 5.92 Å². The molecule has 1 aliphatic heterocycles. The van der Waals surface area contributed by atoms with Gasteiger partial charge in [0.25, 0.3) is 0 Å². The molecule has 0 saturated carbocycles. The molecule has 1 atom stereocenters. The van der Waals surface area contributed by atoms with Crippen LogP contribution in [0.3, 0.4) is 0 Å². The Hall–Kier alpha value is -3.93. The number of carbonyl (C=O) groups excluding carboxylic acids is 1. The highest BCUT2D eigenvalue weighted by Crippen LogP contribution is 2.33. The summed E-state index contributed by atoms with van der Waals surface area (Å²) < 4.78 is 20.1. The van der Waals surface area contributed by atoms with Crippen molar-refractivity contribution in [2.75, 3.05) is 13.1 Å². The van der Waals surface area contributed by atoms with E-state index in [1.54, 1.807) is 12.1 Å². The van der Waals surface area contributed by atoms with E-state index in [1.807, 2.05) is 59.5 Å². The number of nitrogens with one attached hydrogen (secondary N) is 1. The standard InChI is InChI=1S/C29H26FN3O2/c30-21-12-14-24-23(17-21)22(28(31-24)19-7-2-1-3-8-19)13-15-27(34)33-16-6-9-20(18-33)29-32-25-10-4-5-11-26(25)35-29/h1-5,7-8,10-12,14,17,20,31H,6,9,13,15-16,18H2. The van der Waals surface area contributed by atoms with Gasteiger partial charge in [0.15, 0.2) is 11.5 Å². The van der Waals surface area contributed by atoms with Crippen LogP contribution in [0.15, 0.2) is 77.2 Å². The molecule has 0 aliphatic carbocycles. The van der Waals surface area contributed by atoms with Crippen molar-refractivity contribution in [1.29, 1.82) is 0 Å². The van der Waals surface area contributed by atoms with Crippen LogP contribution in [0.4, 0.5) is 4.39 Å². The number of piperidine rings is 1. The maximum atomic E-state index is 14.1. The number of hydrogen-bond donors (Lipinski definition) is 1. The second-order valence-corrected chi connectivity index (χ2v) is 9.23. The summed E-state index contributed by atoms with van der Waals surface area (Å²) in [5.74, 6) is 0.640. The van der Waals surface area contributed by atoms with E-state index >= 15 is 0 Å². The summed E-state index contributed by atoms with van der Waals surface area (Å²) in [5.41, 5.74) is 5.47. The van der Waals surface area contributed by atoms with Crippen molar-refractivity contribution in [1.82, 2.24) is 14.9 Å². The van der Waals surface area contributed by atoms with Crippen LogP contribution < -0.4 is 0 Å². The zero-order valence-electron chi connectivity index (χ0n) is 19.3. The molecule has 1 amide bonds. The number of hydrogen-bond acceptors (Lipinski definition) is 3. The van der Waals surface area contributed by atoms with Crippen molar-refractivity contribution < 1.29 is 13.6 Å². The number of aromatic nitrogens is 2. The van der Waals surface area contributed by atoms with Crippen LogP contribution in [0.1, 0.15) is 36.6 Å². The summed E-state index contributed by atoms with van der Waals surface area (Å²) in [4.78, 5) is 23.3. The Morgan fingerprint density at radius 2 is 1.91 bits per heavy atom. The Labute approximate surface area is 202 Å². The number of aryl methyl sites for hydroxylation is 1. The van der Waals surface area contributed by atoms with Crippen LogP contribution in [0.25, 0.3) is 33.3 Å². The lowest BCUT2D eigenvalue weighted by Crippen LogP contribution is -2.39. The molecule has 1 fully saturated rings. The van der Waals surface area contributed by atoms with Gasteiger partial charge in [-0.25, -0.2) is 9.37 Å². The molecular weight excluding hydrogens is 441 g/mol. The Balaban J connectivity index is 1.22. The van der Waals surface area contributed by atoms with E-state index in [0.717, 1.165) is 58.2 Å². The van der Waals surface area contributed by atoms with E-state index in [1.165, 1.54) is 6.07 Å². The van der Waals surface area contributed by atoms with Crippen molar-refractivity contribution in [3.05, 3.63) is 90.1 Å². The fraction of sp³-hybridized carbons (Fsp3) is 0.241. The summed E-state index contributed by atoms with van der Waals surface area (Å²) in [6.45, 7) is 1.35. The molecule has 6 heteroatoms. The SMILES string of the molecule is O=C(CCc1c(-c2ccccc2)[nH]c2ccc(F)cc12)N1CCCC(c2nc3ccccc3o2)C1. The molecule has 1 saturated heterocycles. The first kappa shape index (κ1) is 21.6. The second kappa shape index (κ2) is 9.02. The lowest BCUT2D eigenvalue weighted by atomic mass is 9.96. The molecule has 3 heterocycles. The van der Waals surface area contributed by atoms with E-state index < -0.39 is 0 Å². The second-order valence-electron chi connectivity index (χ2n) is 9.23. The minimum absolute atomic E-state index is 0.0992. The third-order valence-electron chi connectivity index (χ3n) is 6.95. The molecule has 176 valence electrons. The largest absolute Gasteiger partial charge is 0.440 e. The lowest BCUT2D eigenvalue weighted by molar-refractivity contribution is -0.132. The van der Waals surface area contributed by atoms with Crippen molar-refractivity contribution in [3.63, 3.8) is 0 Å². The van der Waals surface area contributed by atoms with Crippen LogP contribution in [-0.4, -0.2) is 33.9 Å². The van der Waals surface area contributed by atoms with Crippen molar-refractivity contribution in [2.45, 2.75) is 31.6 Å². The summed E-state index contributed by atoms with van der Waals surface area (Å²) in [6.07, 6.45) is 2.78. The number of carbonyl (C=O) groups is 1. The molecule has 6 rings (SSSR count). The van der Waals surface area contributed by atoms with Crippen molar-refractivity contribution in [3.8, 4) is 11.3 Å². The van der Waals surface area contributed by atoms with E-state index in [9.17, 15) is 9.18 Å². The number of para-hydroxylation sites is 2. The van der Waals surface area contributed by atoms with Gasteiger partial charge in [-0.2, -0.15) is 0 Å². The van der Waals surface area contributed by atoms with Gasteiger partial charge in [-0.3, -0.25) is 4.79 Å². The normalized spacial score (nSPS) is 16.3. The summed E-state index contributed by atoms with van der Waals surface area (Å²) >= 11 is 0. The monoisotopic (exact) mass is 467 g/mol. The first-order valence-corrected chi connectivity index (χ1v) is 12.1. The van der Waals surface area contributed by atoms with Gasteiger partial charge >= 0.3 is 0 Å². The molecule has 2 aromatic heterocycles. The van der Waals surface area contributed by atoms with E-state index in [4.69, 9.17) is 4.42 Å². The molecule has 0 bridgehead atoms. The van der Waals surface area contributed by atoms with Crippen molar-refractivity contribution in [2.24, 2.45) is 0 Å². The molecule has 1 unspecified atom stereocenters. The highest BCUT2D eigenvalue weighted by Gasteiger charge is 2.28. The number of likely N-dealkylation sites (tertiary alicyclic amines) is 1. The molecule has 5 nitrogen and oxygen atoms in total. The van der Waals surface area contributed by atoms with Gasteiger partial charge in [0.2, 0.25) is 5.91 Å². The Bertz CT molecular complexity index is 1470. The zero-order chi connectivity index (χ0) is 23.8. The van der Waals surface area contributed by atoms with Gasteiger partial charge in [-0.05, 0) is 60.7 Å². The number of nitrogens with zero attached hydrogens (tertiary/aromatic N) is 2. The minimum atomic E-state index is -0.277. The number of rotatable bonds is 5. The van der Waals surface area contributed by atoms with E-state index in [-0.39, 0.29) is 17.6 Å². The highest BCUT2D eigenvalue weighted by atomic mass is 19.1. The Kier molecular flexibility index (Phi) is 5.57. The van der Waals surface area contributed by atoms with E-state index in [2.05, 4.69) is 9.97 Å². The topological polar surface area (TPSA) is 62.1 Å². The lowest BCUT2D eigenvalue weighted by Gasteiger charge is -2.31. The zero-order valence-corrected chi connectivity index (χ0v) is 19.3. The van der Waals surface area contributed by atoms with Crippen LogP contribution in [0.2, 0.25) is 0 Å². The smallest absolute Gasteiger partial charge is 0.222 e. The fourth-order valence-corrected chi connectivity index (χ4v) is 5.19. The summed E-state index contributed by atoms with van der Waals surface area (Å²) in [7, 11) is 0. The average Bonchev–Trinajstić information content (AvgIpc) is 3.49. The van der Waals surface area contributed by atoms with Crippen LogP contribution in [-0.2, 0) is 11.2 Å².